The van der Waals surface area contributed by atoms with E-state index in [0.717, 1.165) is 25.9 Å². The molecular weight excluding hydrogens is 246 g/mol. The highest BCUT2D eigenvalue weighted by Crippen LogP contribution is 2.25. The number of rotatable bonds is 4. The molecule has 6 heteroatoms. The number of hydrogen-bond donors (Lipinski definition) is 2. The maximum absolute atomic E-state index is 12.5. The van der Waals surface area contributed by atoms with E-state index in [9.17, 15) is 14.7 Å². The summed E-state index contributed by atoms with van der Waals surface area (Å²) in [6, 6.07) is 0.152. The van der Waals surface area contributed by atoms with Crippen LogP contribution in [0.15, 0.2) is 11.8 Å². The zero-order valence-electron chi connectivity index (χ0n) is 11.2. The van der Waals surface area contributed by atoms with Crippen LogP contribution in [0.2, 0.25) is 0 Å². The lowest BCUT2D eigenvalue weighted by Gasteiger charge is -2.31. The molecule has 0 radical (unpaired) electrons. The third-order valence-corrected chi connectivity index (χ3v) is 3.83. The van der Waals surface area contributed by atoms with Crippen LogP contribution in [0.25, 0.3) is 0 Å². The largest absolute Gasteiger partial charge is 0.390 e. The summed E-state index contributed by atoms with van der Waals surface area (Å²) in [4.78, 5) is 26.4. The number of carbonyl (C=O) groups excluding carboxylic acids is 2. The second kappa shape index (κ2) is 6.16. The molecule has 2 N–H and O–H groups in total. The molecule has 2 aliphatic rings. The molecule has 2 aliphatic heterocycles. The third kappa shape index (κ3) is 2.79. The van der Waals surface area contributed by atoms with Crippen LogP contribution in [0.3, 0.4) is 0 Å². The van der Waals surface area contributed by atoms with Crippen molar-refractivity contribution < 1.29 is 14.7 Å². The van der Waals surface area contributed by atoms with E-state index >= 15 is 0 Å². The molecule has 2 heterocycles. The number of aliphatic hydroxyl groups is 1. The predicted molar refractivity (Wildman–Crippen MR) is 70.5 cm³/mol. The molecule has 1 unspecified atom stereocenters. The van der Waals surface area contributed by atoms with Crippen molar-refractivity contribution in [3.63, 3.8) is 0 Å². The summed E-state index contributed by atoms with van der Waals surface area (Å²) >= 11 is 0. The first-order valence-corrected chi connectivity index (χ1v) is 6.74. The number of amides is 2. The molecular formula is C13H21N3O3. The van der Waals surface area contributed by atoms with Crippen molar-refractivity contribution in [2.45, 2.75) is 31.8 Å². The van der Waals surface area contributed by atoms with Gasteiger partial charge in [-0.1, -0.05) is 0 Å². The van der Waals surface area contributed by atoms with Crippen LogP contribution < -0.4 is 5.32 Å². The van der Waals surface area contributed by atoms with E-state index in [-0.39, 0.29) is 24.7 Å². The van der Waals surface area contributed by atoms with Crippen molar-refractivity contribution in [1.82, 2.24) is 15.1 Å². The highest BCUT2D eigenvalue weighted by molar-refractivity contribution is 5.81. The molecule has 2 saturated heterocycles. The van der Waals surface area contributed by atoms with Crippen LogP contribution >= 0.6 is 0 Å². The summed E-state index contributed by atoms with van der Waals surface area (Å²) in [6.45, 7) is 4.15. The minimum Gasteiger partial charge on any atom is -0.390 e. The van der Waals surface area contributed by atoms with Crippen molar-refractivity contribution in [2.75, 3.05) is 26.2 Å². The second-order valence-corrected chi connectivity index (χ2v) is 5.09. The molecule has 2 rings (SSSR count). The normalized spacial score (nSPS) is 26.1. The molecule has 2 amide bonds. The van der Waals surface area contributed by atoms with Gasteiger partial charge in [-0.25, -0.2) is 4.79 Å². The molecule has 19 heavy (non-hydrogen) atoms. The predicted octanol–water partition coefficient (Wildman–Crippen LogP) is -0.0604. The van der Waals surface area contributed by atoms with Gasteiger partial charge in [-0.05, 0) is 38.9 Å². The van der Waals surface area contributed by atoms with Gasteiger partial charge in [0.05, 0.1) is 18.3 Å². The monoisotopic (exact) mass is 267 g/mol. The maximum atomic E-state index is 12.5. The highest BCUT2D eigenvalue weighted by atomic mass is 16.3. The Balaban J connectivity index is 2.13. The first kappa shape index (κ1) is 14.0. The minimum atomic E-state index is -0.297. The van der Waals surface area contributed by atoms with E-state index in [0.29, 0.717) is 18.5 Å². The molecule has 0 aromatic heterocycles. The molecule has 0 bridgehead atoms. The third-order valence-electron chi connectivity index (χ3n) is 3.83. The van der Waals surface area contributed by atoms with E-state index in [1.54, 1.807) is 0 Å². The lowest BCUT2D eigenvalue weighted by Crippen LogP contribution is -2.45. The Kier molecular flexibility index (Phi) is 4.55. The van der Waals surface area contributed by atoms with E-state index in [4.69, 9.17) is 0 Å². The van der Waals surface area contributed by atoms with Crippen LogP contribution in [0.1, 0.15) is 19.8 Å². The van der Waals surface area contributed by atoms with Crippen LogP contribution in [-0.4, -0.2) is 65.5 Å². The van der Waals surface area contributed by atoms with Crippen molar-refractivity contribution in [2.24, 2.45) is 0 Å². The number of urea groups is 1. The lowest BCUT2D eigenvalue weighted by molar-refractivity contribution is -0.104. The van der Waals surface area contributed by atoms with Gasteiger partial charge in [-0.3, -0.25) is 9.69 Å². The molecule has 0 saturated carbocycles. The van der Waals surface area contributed by atoms with Crippen LogP contribution in [0.4, 0.5) is 4.79 Å². The standard InChI is InChI=1S/C13H21N3O3/c1-10-8-15(11-2-5-14-6-3-11)13(19)16(10)12(9-18)4-7-17/h4,7,10-11,14,18H,2-3,5-6,8-9H2,1H3/b12-4+. The summed E-state index contributed by atoms with van der Waals surface area (Å²) < 4.78 is 0. The van der Waals surface area contributed by atoms with Crippen molar-refractivity contribution in [1.29, 1.82) is 0 Å². The quantitative estimate of drug-likeness (QED) is 0.553. The fraction of sp³-hybridized carbons (Fsp3) is 0.692. The number of piperidine rings is 1. The van der Waals surface area contributed by atoms with Gasteiger partial charge in [0, 0.05) is 12.6 Å². The van der Waals surface area contributed by atoms with Crippen LogP contribution in [-0.2, 0) is 4.79 Å². The van der Waals surface area contributed by atoms with E-state index < -0.39 is 0 Å². The smallest absolute Gasteiger partial charge is 0.324 e. The topological polar surface area (TPSA) is 72.9 Å². The number of hydrogen-bond acceptors (Lipinski definition) is 4. The van der Waals surface area contributed by atoms with Crippen molar-refractivity contribution in [3.05, 3.63) is 11.8 Å². The number of aliphatic hydroxyl groups excluding tert-OH is 1. The van der Waals surface area contributed by atoms with Crippen LogP contribution in [0, 0.1) is 0 Å². The Hall–Kier alpha value is -1.40. The molecule has 106 valence electrons. The van der Waals surface area contributed by atoms with Gasteiger partial charge in [-0.15, -0.1) is 0 Å². The fourth-order valence-corrected chi connectivity index (χ4v) is 2.89. The Morgan fingerprint density at radius 3 is 2.74 bits per heavy atom. The van der Waals surface area contributed by atoms with Crippen molar-refractivity contribution in [3.8, 4) is 0 Å². The minimum absolute atomic E-state index is 0.0132. The fourth-order valence-electron chi connectivity index (χ4n) is 2.89. The van der Waals surface area contributed by atoms with Gasteiger partial charge in [-0.2, -0.15) is 0 Å². The molecule has 0 aliphatic carbocycles. The number of aldehydes is 1. The lowest BCUT2D eigenvalue weighted by atomic mass is 10.1. The first-order valence-electron chi connectivity index (χ1n) is 6.74. The average Bonchev–Trinajstić information content (AvgIpc) is 2.73. The van der Waals surface area contributed by atoms with Gasteiger partial charge in [0.15, 0.2) is 0 Å². The maximum Gasteiger partial charge on any atom is 0.324 e. The van der Waals surface area contributed by atoms with Gasteiger partial charge in [0.2, 0.25) is 0 Å². The summed E-state index contributed by atoms with van der Waals surface area (Å²) in [5.74, 6) is 0. The number of nitrogens with one attached hydrogen (secondary N) is 1. The Labute approximate surface area is 113 Å². The van der Waals surface area contributed by atoms with Gasteiger partial charge < -0.3 is 15.3 Å². The first-order chi connectivity index (χ1) is 9.19. The Morgan fingerprint density at radius 1 is 1.47 bits per heavy atom. The molecule has 0 spiro atoms. The van der Waals surface area contributed by atoms with Crippen LogP contribution in [0.5, 0.6) is 0 Å². The highest BCUT2D eigenvalue weighted by Gasteiger charge is 2.39. The zero-order chi connectivity index (χ0) is 13.8. The number of carbonyl (C=O) groups is 2. The summed E-state index contributed by atoms with van der Waals surface area (Å²) in [7, 11) is 0. The zero-order valence-corrected chi connectivity index (χ0v) is 11.2. The van der Waals surface area contributed by atoms with Gasteiger partial charge in [0.1, 0.15) is 6.29 Å². The molecule has 0 aromatic carbocycles. The second-order valence-electron chi connectivity index (χ2n) is 5.09. The average molecular weight is 267 g/mol. The van der Waals surface area contributed by atoms with E-state index in [1.165, 1.54) is 11.0 Å². The number of nitrogens with zero attached hydrogens (tertiary/aromatic N) is 2. The Morgan fingerprint density at radius 2 is 2.16 bits per heavy atom. The molecule has 1 atom stereocenters. The molecule has 0 aromatic rings. The van der Waals surface area contributed by atoms with Gasteiger partial charge >= 0.3 is 6.03 Å². The molecule has 6 nitrogen and oxygen atoms in total. The summed E-state index contributed by atoms with van der Waals surface area (Å²) in [5.41, 5.74) is 0.379. The SMILES string of the molecule is CC1CN(C2CCNCC2)C(=O)N1/C(=C/C=O)CO. The van der Waals surface area contributed by atoms with Crippen molar-refractivity contribution >= 4 is 12.3 Å². The van der Waals surface area contributed by atoms with Gasteiger partial charge in [0.25, 0.3) is 0 Å². The molecule has 2 fully saturated rings. The van der Waals surface area contributed by atoms with E-state index in [2.05, 4.69) is 5.32 Å². The summed E-state index contributed by atoms with van der Waals surface area (Å²) in [5, 5.41) is 12.6. The number of allylic oxidation sites excluding steroid dienone is 1. The summed E-state index contributed by atoms with van der Waals surface area (Å²) in [6.07, 6.45) is 3.79. The van der Waals surface area contributed by atoms with E-state index in [1.807, 2.05) is 11.8 Å². The Bertz CT molecular complexity index is 377.